The van der Waals surface area contributed by atoms with Gasteiger partial charge in [0.25, 0.3) is 0 Å². The van der Waals surface area contributed by atoms with Crippen LogP contribution < -0.4 is 10.2 Å². The molecular weight excluding hydrogens is 318 g/mol. The number of amides is 1. The Morgan fingerprint density at radius 1 is 1.24 bits per heavy atom. The van der Waals surface area contributed by atoms with Gasteiger partial charge in [0, 0.05) is 32.4 Å². The molecule has 0 saturated carbocycles. The third kappa shape index (κ3) is 5.01. The Hall–Kier alpha value is -2.44. The predicted molar refractivity (Wildman–Crippen MR) is 95.5 cm³/mol. The van der Waals surface area contributed by atoms with E-state index < -0.39 is 0 Å². The second kappa shape index (κ2) is 8.60. The normalized spacial score (nSPS) is 14.5. The number of nitrogens with one attached hydrogen (secondary N) is 1. The second-order valence-electron chi connectivity index (χ2n) is 6.36. The summed E-state index contributed by atoms with van der Waals surface area (Å²) >= 11 is 0. The number of anilines is 2. The summed E-state index contributed by atoms with van der Waals surface area (Å²) in [7, 11) is 0. The summed E-state index contributed by atoms with van der Waals surface area (Å²) < 4.78 is 5.14. The lowest BCUT2D eigenvalue weighted by atomic mass is 10.1. The molecule has 1 aliphatic rings. The lowest BCUT2D eigenvalue weighted by molar-refractivity contribution is -0.116. The topological polar surface area (TPSA) is 84.2 Å². The summed E-state index contributed by atoms with van der Waals surface area (Å²) in [6.45, 7) is 4.18. The summed E-state index contributed by atoms with van der Waals surface area (Å²) in [4.78, 5) is 23.1. The highest BCUT2D eigenvalue weighted by Gasteiger charge is 2.13. The molecule has 0 spiro atoms. The molecule has 3 rings (SSSR count). The van der Waals surface area contributed by atoms with Gasteiger partial charge in [-0.15, -0.1) is 0 Å². The van der Waals surface area contributed by atoms with Crippen molar-refractivity contribution in [1.29, 1.82) is 0 Å². The van der Waals surface area contributed by atoms with Gasteiger partial charge in [0.15, 0.2) is 5.82 Å². The van der Waals surface area contributed by atoms with Crippen molar-refractivity contribution in [3.05, 3.63) is 30.0 Å². The maximum atomic E-state index is 12.1. The lowest BCUT2D eigenvalue weighted by Gasteiger charge is -2.27. The van der Waals surface area contributed by atoms with Gasteiger partial charge in [-0.1, -0.05) is 12.1 Å². The molecule has 1 amide bonds. The minimum absolute atomic E-state index is 0.0808. The van der Waals surface area contributed by atoms with E-state index in [9.17, 15) is 4.79 Å². The summed E-state index contributed by atoms with van der Waals surface area (Å²) in [5.41, 5.74) is 0.711. The standard InChI is InChI=1S/C18H25N5O2/c1-2-6-15-21-18(25-22-15)10-9-17(24)20-14-7-8-16(19-13-14)23-11-4-3-5-12-23/h7-8,13H,2-6,9-12H2,1H3,(H,20,24). The highest BCUT2D eigenvalue weighted by atomic mass is 16.5. The van der Waals surface area contributed by atoms with Crippen LogP contribution in [0.3, 0.4) is 0 Å². The summed E-state index contributed by atoms with van der Waals surface area (Å²) in [5, 5.41) is 6.75. The van der Waals surface area contributed by atoms with Crippen LogP contribution in [0.1, 0.15) is 50.7 Å². The average molecular weight is 343 g/mol. The van der Waals surface area contributed by atoms with E-state index >= 15 is 0 Å². The van der Waals surface area contributed by atoms with Crippen LogP contribution >= 0.6 is 0 Å². The molecular formula is C18H25N5O2. The summed E-state index contributed by atoms with van der Waals surface area (Å²) in [6, 6.07) is 3.87. The highest BCUT2D eigenvalue weighted by molar-refractivity contribution is 5.90. The van der Waals surface area contributed by atoms with Gasteiger partial charge < -0.3 is 14.7 Å². The van der Waals surface area contributed by atoms with E-state index in [2.05, 4.69) is 32.3 Å². The predicted octanol–water partition coefficient (Wildman–Crippen LogP) is 2.98. The molecule has 2 aromatic rings. The van der Waals surface area contributed by atoms with Crippen LogP contribution in [0.4, 0.5) is 11.5 Å². The van der Waals surface area contributed by atoms with Crippen LogP contribution in [0.25, 0.3) is 0 Å². The lowest BCUT2D eigenvalue weighted by Crippen LogP contribution is -2.30. The molecule has 0 bridgehead atoms. The van der Waals surface area contributed by atoms with Crippen molar-refractivity contribution >= 4 is 17.4 Å². The number of carbonyl (C=O) groups excluding carboxylic acids is 1. The first-order chi connectivity index (χ1) is 12.2. The van der Waals surface area contributed by atoms with E-state index in [0.717, 1.165) is 31.7 Å². The average Bonchev–Trinajstić information content (AvgIpc) is 3.09. The Morgan fingerprint density at radius 3 is 2.80 bits per heavy atom. The maximum absolute atomic E-state index is 12.1. The van der Waals surface area contributed by atoms with Gasteiger partial charge in [0.05, 0.1) is 11.9 Å². The van der Waals surface area contributed by atoms with Gasteiger partial charge in [-0.25, -0.2) is 4.98 Å². The molecule has 0 atom stereocenters. The Kier molecular flexibility index (Phi) is 5.98. The van der Waals surface area contributed by atoms with Crippen molar-refractivity contribution in [3.63, 3.8) is 0 Å². The molecule has 1 aliphatic heterocycles. The number of piperidine rings is 1. The maximum Gasteiger partial charge on any atom is 0.227 e. The van der Waals surface area contributed by atoms with Gasteiger partial charge >= 0.3 is 0 Å². The molecule has 0 radical (unpaired) electrons. The molecule has 2 aromatic heterocycles. The Bertz CT molecular complexity index is 677. The number of pyridine rings is 1. The zero-order valence-electron chi connectivity index (χ0n) is 14.7. The fraction of sp³-hybridized carbons (Fsp3) is 0.556. The number of hydrogen-bond donors (Lipinski definition) is 1. The van der Waals surface area contributed by atoms with Crippen LogP contribution in [0, 0.1) is 0 Å². The first kappa shape index (κ1) is 17.4. The number of nitrogens with zero attached hydrogens (tertiary/aromatic N) is 4. The van der Waals surface area contributed by atoms with E-state index in [0.29, 0.717) is 30.2 Å². The van der Waals surface area contributed by atoms with Gasteiger partial charge in [0.1, 0.15) is 5.82 Å². The summed E-state index contributed by atoms with van der Waals surface area (Å²) in [5.74, 6) is 2.11. The Morgan fingerprint density at radius 2 is 2.08 bits per heavy atom. The number of hydrogen-bond acceptors (Lipinski definition) is 6. The molecule has 0 unspecified atom stereocenters. The van der Waals surface area contributed by atoms with Crippen LogP contribution in [-0.2, 0) is 17.6 Å². The van der Waals surface area contributed by atoms with Crippen molar-refractivity contribution in [2.75, 3.05) is 23.3 Å². The van der Waals surface area contributed by atoms with Crippen molar-refractivity contribution in [2.24, 2.45) is 0 Å². The third-order valence-corrected chi connectivity index (χ3v) is 4.26. The third-order valence-electron chi connectivity index (χ3n) is 4.26. The van der Waals surface area contributed by atoms with E-state index in [4.69, 9.17) is 4.52 Å². The van der Waals surface area contributed by atoms with Crippen molar-refractivity contribution in [3.8, 4) is 0 Å². The van der Waals surface area contributed by atoms with Gasteiger partial charge in [-0.2, -0.15) is 4.98 Å². The molecule has 1 saturated heterocycles. The highest BCUT2D eigenvalue weighted by Crippen LogP contribution is 2.19. The molecule has 134 valence electrons. The zero-order valence-corrected chi connectivity index (χ0v) is 14.7. The molecule has 7 heteroatoms. The molecule has 3 heterocycles. The molecule has 7 nitrogen and oxygen atoms in total. The van der Waals surface area contributed by atoms with Gasteiger partial charge in [-0.05, 0) is 37.8 Å². The molecule has 0 aromatic carbocycles. The fourth-order valence-electron chi connectivity index (χ4n) is 2.93. The van der Waals surface area contributed by atoms with Crippen molar-refractivity contribution < 1.29 is 9.32 Å². The minimum Gasteiger partial charge on any atom is -0.357 e. The number of carbonyl (C=O) groups is 1. The van der Waals surface area contributed by atoms with Crippen LogP contribution in [0.2, 0.25) is 0 Å². The molecule has 1 N–H and O–H groups in total. The Labute approximate surface area is 147 Å². The fourth-order valence-corrected chi connectivity index (χ4v) is 2.93. The van der Waals surface area contributed by atoms with Crippen molar-refractivity contribution in [2.45, 2.75) is 51.9 Å². The smallest absolute Gasteiger partial charge is 0.227 e. The number of rotatable bonds is 7. The SMILES string of the molecule is CCCc1noc(CCC(=O)Nc2ccc(N3CCCCC3)nc2)n1. The first-order valence-corrected chi connectivity index (χ1v) is 9.07. The van der Waals surface area contributed by atoms with E-state index in [-0.39, 0.29) is 5.91 Å². The van der Waals surface area contributed by atoms with Gasteiger partial charge in [0.2, 0.25) is 11.8 Å². The largest absolute Gasteiger partial charge is 0.357 e. The monoisotopic (exact) mass is 343 g/mol. The summed E-state index contributed by atoms with van der Waals surface area (Å²) in [6.07, 6.45) is 7.97. The molecule has 1 fully saturated rings. The minimum atomic E-state index is -0.0808. The molecule has 25 heavy (non-hydrogen) atoms. The van der Waals surface area contributed by atoms with Crippen LogP contribution in [-0.4, -0.2) is 34.1 Å². The van der Waals surface area contributed by atoms with E-state index in [1.807, 2.05) is 12.1 Å². The van der Waals surface area contributed by atoms with Crippen LogP contribution in [0.15, 0.2) is 22.9 Å². The quantitative estimate of drug-likeness (QED) is 0.832. The first-order valence-electron chi connectivity index (χ1n) is 9.07. The van der Waals surface area contributed by atoms with E-state index in [1.54, 1.807) is 6.20 Å². The Balaban J connectivity index is 1.47. The van der Waals surface area contributed by atoms with Gasteiger partial charge in [-0.3, -0.25) is 4.79 Å². The number of aryl methyl sites for hydroxylation is 2. The van der Waals surface area contributed by atoms with Crippen LogP contribution in [0.5, 0.6) is 0 Å². The zero-order chi connectivity index (χ0) is 17.5. The van der Waals surface area contributed by atoms with Crippen molar-refractivity contribution in [1.82, 2.24) is 15.1 Å². The number of aromatic nitrogens is 3. The molecule has 0 aliphatic carbocycles. The van der Waals surface area contributed by atoms with E-state index in [1.165, 1.54) is 19.3 Å². The second-order valence-corrected chi connectivity index (χ2v) is 6.36.